The number of anilines is 2. The lowest BCUT2D eigenvalue weighted by Gasteiger charge is -2.18. The van der Waals surface area contributed by atoms with Crippen LogP contribution in [0, 0.1) is 0 Å². The Morgan fingerprint density at radius 1 is 1.21 bits per heavy atom. The minimum atomic E-state index is -4.82. The van der Waals surface area contributed by atoms with Gasteiger partial charge in [-0.3, -0.25) is 4.79 Å². The van der Waals surface area contributed by atoms with Gasteiger partial charge in [0.25, 0.3) is 5.91 Å². The number of aromatic nitrogens is 1. The van der Waals surface area contributed by atoms with Crippen molar-refractivity contribution in [3.63, 3.8) is 0 Å². The molecule has 1 atom stereocenters. The van der Waals surface area contributed by atoms with Gasteiger partial charge in [0, 0.05) is 31.5 Å². The number of benzene rings is 1. The second-order valence-electron chi connectivity index (χ2n) is 5.29. The summed E-state index contributed by atoms with van der Waals surface area (Å²) in [4.78, 5) is 18.0. The Labute approximate surface area is 136 Å². The van der Waals surface area contributed by atoms with Crippen LogP contribution in [0.4, 0.5) is 24.7 Å². The number of halogens is 3. The number of rotatable bonds is 4. The Bertz CT molecular complexity index is 715. The van der Waals surface area contributed by atoms with Crippen molar-refractivity contribution >= 4 is 17.4 Å². The molecule has 24 heavy (non-hydrogen) atoms. The standard InChI is InChI=1S/C16H16F3N3O2/c1-22(2)13-8-7-10(9-20-13)15(24)21-12-6-4-3-5-11(12)14(23)16(17,18)19/h3-9,14,23H,1-2H3,(H,21,24)/t14-/m0/s1. The summed E-state index contributed by atoms with van der Waals surface area (Å²) < 4.78 is 38.2. The SMILES string of the molecule is CN(C)c1ccc(C(=O)Nc2ccccc2[C@H](O)C(F)(F)F)cn1. The summed E-state index contributed by atoms with van der Waals surface area (Å²) in [6.07, 6.45) is -6.17. The van der Waals surface area contributed by atoms with Crippen LogP contribution in [-0.2, 0) is 0 Å². The maximum absolute atomic E-state index is 12.7. The van der Waals surface area contributed by atoms with Crippen molar-refractivity contribution in [1.82, 2.24) is 4.98 Å². The van der Waals surface area contributed by atoms with Crippen LogP contribution in [0.3, 0.4) is 0 Å². The number of carbonyl (C=O) groups excluding carboxylic acids is 1. The van der Waals surface area contributed by atoms with E-state index in [0.29, 0.717) is 5.82 Å². The smallest absolute Gasteiger partial charge is 0.379 e. The van der Waals surface area contributed by atoms with Crippen molar-refractivity contribution in [2.45, 2.75) is 12.3 Å². The van der Waals surface area contributed by atoms with E-state index in [4.69, 9.17) is 0 Å². The minimum absolute atomic E-state index is 0.107. The average molecular weight is 339 g/mol. The first-order chi connectivity index (χ1) is 11.2. The molecular formula is C16H16F3N3O2. The zero-order valence-corrected chi connectivity index (χ0v) is 13.0. The van der Waals surface area contributed by atoms with Crippen molar-refractivity contribution in [3.05, 3.63) is 53.7 Å². The maximum Gasteiger partial charge on any atom is 0.418 e. The molecular weight excluding hydrogens is 323 g/mol. The number of pyridine rings is 1. The van der Waals surface area contributed by atoms with E-state index in [-0.39, 0.29) is 11.3 Å². The van der Waals surface area contributed by atoms with Crippen LogP contribution < -0.4 is 10.2 Å². The molecule has 1 amide bonds. The van der Waals surface area contributed by atoms with Crippen LogP contribution in [0.5, 0.6) is 0 Å². The van der Waals surface area contributed by atoms with E-state index in [9.17, 15) is 23.1 Å². The molecule has 0 unspecified atom stereocenters. The first-order valence-corrected chi connectivity index (χ1v) is 6.98. The van der Waals surface area contributed by atoms with Gasteiger partial charge in [0.2, 0.25) is 0 Å². The summed E-state index contributed by atoms with van der Waals surface area (Å²) in [5, 5.41) is 11.8. The fourth-order valence-electron chi connectivity index (χ4n) is 2.01. The lowest BCUT2D eigenvalue weighted by molar-refractivity contribution is -0.206. The number of carbonyl (C=O) groups is 1. The van der Waals surface area contributed by atoms with Crippen LogP contribution in [0.2, 0.25) is 0 Å². The molecule has 1 aromatic heterocycles. The number of hydrogen-bond acceptors (Lipinski definition) is 4. The number of nitrogens with zero attached hydrogens (tertiary/aromatic N) is 2. The number of para-hydroxylation sites is 1. The zero-order chi connectivity index (χ0) is 17.9. The molecule has 1 aromatic carbocycles. The van der Waals surface area contributed by atoms with E-state index in [1.807, 2.05) is 0 Å². The highest BCUT2D eigenvalue weighted by Gasteiger charge is 2.40. The first-order valence-electron chi connectivity index (χ1n) is 6.98. The molecule has 0 aliphatic carbocycles. The van der Waals surface area contributed by atoms with Gasteiger partial charge in [-0.2, -0.15) is 13.2 Å². The lowest BCUT2D eigenvalue weighted by Crippen LogP contribution is -2.22. The topological polar surface area (TPSA) is 65.5 Å². The van der Waals surface area contributed by atoms with Crippen LogP contribution in [-0.4, -0.2) is 36.3 Å². The zero-order valence-electron chi connectivity index (χ0n) is 13.0. The molecule has 0 spiro atoms. The highest BCUT2D eigenvalue weighted by atomic mass is 19.4. The van der Waals surface area contributed by atoms with Gasteiger partial charge in [0.1, 0.15) is 5.82 Å². The number of alkyl halides is 3. The summed E-state index contributed by atoms with van der Waals surface area (Å²) in [5.41, 5.74) is -0.336. The third kappa shape index (κ3) is 4.02. The number of aliphatic hydroxyl groups excluding tert-OH is 1. The predicted octanol–water partition coefficient (Wildman–Crippen LogP) is 3.00. The van der Waals surface area contributed by atoms with Crippen molar-refractivity contribution in [1.29, 1.82) is 0 Å². The number of amides is 1. The Balaban J connectivity index is 2.23. The minimum Gasteiger partial charge on any atom is -0.379 e. The van der Waals surface area contributed by atoms with E-state index in [1.54, 1.807) is 25.1 Å². The van der Waals surface area contributed by atoms with Gasteiger partial charge in [0.15, 0.2) is 6.10 Å². The summed E-state index contributed by atoms with van der Waals surface area (Å²) >= 11 is 0. The quantitative estimate of drug-likeness (QED) is 0.899. The fourth-order valence-corrected chi connectivity index (χ4v) is 2.01. The van der Waals surface area contributed by atoms with Crippen LogP contribution in [0.15, 0.2) is 42.6 Å². The molecule has 8 heteroatoms. The monoisotopic (exact) mass is 339 g/mol. The molecule has 0 saturated carbocycles. The predicted molar refractivity (Wildman–Crippen MR) is 84.0 cm³/mol. The molecule has 2 aromatic rings. The molecule has 0 fully saturated rings. The Kier molecular flexibility index (Phi) is 5.08. The molecule has 0 bridgehead atoms. The lowest BCUT2D eigenvalue weighted by atomic mass is 10.1. The largest absolute Gasteiger partial charge is 0.418 e. The summed E-state index contributed by atoms with van der Waals surface area (Å²) in [7, 11) is 3.58. The second-order valence-corrected chi connectivity index (χ2v) is 5.29. The molecule has 2 N–H and O–H groups in total. The molecule has 0 aliphatic rings. The second kappa shape index (κ2) is 6.88. The van der Waals surface area contributed by atoms with E-state index in [1.165, 1.54) is 30.5 Å². The maximum atomic E-state index is 12.7. The van der Waals surface area contributed by atoms with E-state index in [0.717, 1.165) is 6.07 Å². The Morgan fingerprint density at radius 2 is 1.88 bits per heavy atom. The van der Waals surface area contributed by atoms with Gasteiger partial charge in [-0.1, -0.05) is 18.2 Å². The first kappa shape index (κ1) is 17.7. The summed E-state index contributed by atoms with van der Waals surface area (Å²) in [5.74, 6) is 0.0223. The summed E-state index contributed by atoms with van der Waals surface area (Å²) in [6.45, 7) is 0. The van der Waals surface area contributed by atoms with Gasteiger partial charge in [-0.25, -0.2) is 4.98 Å². The molecule has 1 heterocycles. The van der Waals surface area contributed by atoms with Gasteiger partial charge < -0.3 is 15.3 Å². The van der Waals surface area contributed by atoms with Crippen molar-refractivity contribution in [3.8, 4) is 0 Å². The molecule has 5 nitrogen and oxygen atoms in total. The highest BCUT2D eigenvalue weighted by Crippen LogP contribution is 2.36. The van der Waals surface area contributed by atoms with Gasteiger partial charge in [-0.15, -0.1) is 0 Å². The third-order valence-corrected chi connectivity index (χ3v) is 3.28. The van der Waals surface area contributed by atoms with Gasteiger partial charge >= 0.3 is 6.18 Å². The van der Waals surface area contributed by atoms with E-state index >= 15 is 0 Å². The molecule has 0 radical (unpaired) electrons. The average Bonchev–Trinajstić information content (AvgIpc) is 2.54. The molecule has 128 valence electrons. The van der Waals surface area contributed by atoms with Gasteiger partial charge in [-0.05, 0) is 18.2 Å². The number of nitrogens with one attached hydrogen (secondary N) is 1. The highest BCUT2D eigenvalue weighted by molar-refractivity contribution is 6.04. The van der Waals surface area contributed by atoms with Crippen molar-refractivity contribution in [2.75, 3.05) is 24.3 Å². The van der Waals surface area contributed by atoms with Crippen LogP contribution in [0.1, 0.15) is 22.0 Å². The third-order valence-electron chi connectivity index (χ3n) is 3.28. The van der Waals surface area contributed by atoms with Gasteiger partial charge in [0.05, 0.1) is 5.56 Å². The van der Waals surface area contributed by atoms with E-state index in [2.05, 4.69) is 10.3 Å². The van der Waals surface area contributed by atoms with Crippen molar-refractivity contribution in [2.24, 2.45) is 0 Å². The van der Waals surface area contributed by atoms with Crippen LogP contribution >= 0.6 is 0 Å². The number of aliphatic hydroxyl groups is 1. The normalized spacial score (nSPS) is 12.6. The molecule has 2 rings (SSSR count). The molecule has 0 aliphatic heterocycles. The number of hydrogen-bond donors (Lipinski definition) is 2. The fraction of sp³-hybridized carbons (Fsp3) is 0.250. The van der Waals surface area contributed by atoms with E-state index < -0.39 is 23.8 Å². The van der Waals surface area contributed by atoms with Crippen LogP contribution in [0.25, 0.3) is 0 Å². The van der Waals surface area contributed by atoms with Crippen molar-refractivity contribution < 1.29 is 23.1 Å². The Morgan fingerprint density at radius 3 is 2.42 bits per heavy atom. The Hall–Kier alpha value is -2.61. The summed E-state index contributed by atoms with van der Waals surface area (Å²) in [6, 6.07) is 8.36. The molecule has 0 saturated heterocycles.